The molecule has 0 saturated heterocycles. The number of hydrogen-bond acceptors (Lipinski definition) is 4. The number of carboxylic acid groups (broad SMARTS) is 2. The summed E-state index contributed by atoms with van der Waals surface area (Å²) >= 11 is 0. The van der Waals surface area contributed by atoms with Gasteiger partial charge in [-0.15, -0.1) is 0 Å². The maximum atomic E-state index is 11.3. The molecule has 6 heteroatoms. The number of esters is 1. The molecule has 0 spiro atoms. The lowest BCUT2D eigenvalue weighted by Crippen LogP contribution is -2.12. The summed E-state index contributed by atoms with van der Waals surface area (Å²) < 4.78 is 4.87. The number of ether oxygens (including phenoxy) is 1. The first-order valence-corrected chi connectivity index (χ1v) is 5.67. The van der Waals surface area contributed by atoms with E-state index in [0.717, 1.165) is 12.8 Å². The first kappa shape index (κ1) is 16.1. The van der Waals surface area contributed by atoms with Gasteiger partial charge in [0.2, 0.25) is 0 Å². The van der Waals surface area contributed by atoms with E-state index >= 15 is 0 Å². The molecule has 6 nitrogen and oxygen atoms in total. The number of aliphatic carboxylic acids is 2. The standard InChI is InChI=1S/C12H18O6/c1-3-4-5-18-11(15)6-8(2)9(12(16)17)7-10(13)14/h3-7H2,1-2H3,(H,13,14)(H,16,17). The lowest BCUT2D eigenvalue weighted by Gasteiger charge is -2.07. The SMILES string of the molecule is CCCCOC(=O)CC(C)=C(CC(=O)O)C(=O)O. The molecule has 0 aliphatic rings. The summed E-state index contributed by atoms with van der Waals surface area (Å²) in [7, 11) is 0. The first-order chi connectivity index (χ1) is 8.38. The molecule has 0 saturated carbocycles. The average molecular weight is 258 g/mol. The summed E-state index contributed by atoms with van der Waals surface area (Å²) in [5.74, 6) is -3.10. The van der Waals surface area contributed by atoms with Crippen LogP contribution in [-0.4, -0.2) is 34.7 Å². The number of carboxylic acids is 2. The van der Waals surface area contributed by atoms with Gasteiger partial charge in [0.15, 0.2) is 0 Å². The molecule has 0 amide bonds. The van der Waals surface area contributed by atoms with Crippen LogP contribution >= 0.6 is 0 Å². The van der Waals surface area contributed by atoms with Crippen LogP contribution in [-0.2, 0) is 19.1 Å². The van der Waals surface area contributed by atoms with E-state index < -0.39 is 24.3 Å². The smallest absolute Gasteiger partial charge is 0.332 e. The van der Waals surface area contributed by atoms with Crippen molar-refractivity contribution in [3.63, 3.8) is 0 Å². The van der Waals surface area contributed by atoms with Crippen molar-refractivity contribution < 1.29 is 29.3 Å². The summed E-state index contributed by atoms with van der Waals surface area (Å²) in [6.07, 6.45) is 0.832. The van der Waals surface area contributed by atoms with E-state index in [4.69, 9.17) is 14.9 Å². The van der Waals surface area contributed by atoms with Gasteiger partial charge in [-0.05, 0) is 13.3 Å². The summed E-state index contributed by atoms with van der Waals surface area (Å²) in [5, 5.41) is 17.4. The fraction of sp³-hybridized carbons (Fsp3) is 0.583. The van der Waals surface area contributed by atoms with E-state index in [1.165, 1.54) is 6.92 Å². The Balaban J connectivity index is 4.55. The number of carbonyl (C=O) groups is 3. The Morgan fingerprint density at radius 2 is 1.72 bits per heavy atom. The third kappa shape index (κ3) is 6.67. The predicted octanol–water partition coefficient (Wildman–Crippen LogP) is 1.60. The van der Waals surface area contributed by atoms with E-state index in [9.17, 15) is 14.4 Å². The van der Waals surface area contributed by atoms with Crippen molar-refractivity contribution in [2.75, 3.05) is 6.61 Å². The molecule has 0 rings (SSSR count). The number of unbranched alkanes of at least 4 members (excludes halogenated alkanes) is 1. The van der Waals surface area contributed by atoms with Gasteiger partial charge in [-0.3, -0.25) is 9.59 Å². The topological polar surface area (TPSA) is 101 Å². The average Bonchev–Trinajstić information content (AvgIpc) is 2.25. The van der Waals surface area contributed by atoms with Gasteiger partial charge in [0.05, 0.1) is 19.4 Å². The fourth-order valence-electron chi connectivity index (χ4n) is 1.26. The van der Waals surface area contributed by atoms with E-state index in [2.05, 4.69) is 0 Å². The van der Waals surface area contributed by atoms with Gasteiger partial charge in [0.25, 0.3) is 0 Å². The number of rotatable bonds is 8. The molecule has 0 radical (unpaired) electrons. The second-order valence-electron chi connectivity index (χ2n) is 3.89. The van der Waals surface area contributed by atoms with Gasteiger partial charge < -0.3 is 14.9 Å². The van der Waals surface area contributed by atoms with Gasteiger partial charge in [-0.1, -0.05) is 18.9 Å². The van der Waals surface area contributed by atoms with Crippen molar-refractivity contribution in [3.05, 3.63) is 11.1 Å². The maximum Gasteiger partial charge on any atom is 0.332 e. The molecular weight excluding hydrogens is 240 g/mol. The lowest BCUT2D eigenvalue weighted by molar-refractivity contribution is -0.143. The highest BCUT2D eigenvalue weighted by molar-refractivity contribution is 5.93. The minimum Gasteiger partial charge on any atom is -0.481 e. The summed E-state index contributed by atoms with van der Waals surface area (Å²) in [5.41, 5.74) is -0.0543. The van der Waals surface area contributed by atoms with Crippen LogP contribution in [0.25, 0.3) is 0 Å². The second-order valence-corrected chi connectivity index (χ2v) is 3.89. The Morgan fingerprint density at radius 3 is 2.17 bits per heavy atom. The predicted molar refractivity (Wildman–Crippen MR) is 63.1 cm³/mol. The Bertz CT molecular complexity index is 356. The summed E-state index contributed by atoms with van der Waals surface area (Å²) in [4.78, 5) is 32.7. The molecule has 0 atom stereocenters. The highest BCUT2D eigenvalue weighted by atomic mass is 16.5. The van der Waals surface area contributed by atoms with Gasteiger partial charge in [-0.25, -0.2) is 4.79 Å². The van der Waals surface area contributed by atoms with Crippen LogP contribution in [0.3, 0.4) is 0 Å². The van der Waals surface area contributed by atoms with Crippen LogP contribution in [0, 0.1) is 0 Å². The maximum absolute atomic E-state index is 11.3. The third-order valence-corrected chi connectivity index (χ3v) is 2.27. The molecule has 0 unspecified atom stereocenters. The zero-order valence-electron chi connectivity index (χ0n) is 10.6. The summed E-state index contributed by atoms with van der Waals surface area (Å²) in [6.45, 7) is 3.67. The van der Waals surface area contributed by atoms with Crippen molar-refractivity contribution in [1.82, 2.24) is 0 Å². The van der Waals surface area contributed by atoms with Crippen molar-refractivity contribution in [2.24, 2.45) is 0 Å². The van der Waals surface area contributed by atoms with E-state index in [-0.39, 0.29) is 17.6 Å². The van der Waals surface area contributed by atoms with E-state index in [0.29, 0.717) is 6.61 Å². The van der Waals surface area contributed by atoms with Crippen molar-refractivity contribution in [1.29, 1.82) is 0 Å². The van der Waals surface area contributed by atoms with Crippen LogP contribution in [0.15, 0.2) is 11.1 Å². The Morgan fingerprint density at radius 1 is 1.11 bits per heavy atom. The molecule has 0 heterocycles. The molecule has 18 heavy (non-hydrogen) atoms. The van der Waals surface area contributed by atoms with Gasteiger partial charge in [-0.2, -0.15) is 0 Å². The number of carbonyl (C=O) groups excluding carboxylic acids is 1. The first-order valence-electron chi connectivity index (χ1n) is 5.67. The van der Waals surface area contributed by atoms with Crippen LogP contribution < -0.4 is 0 Å². The summed E-state index contributed by atoms with van der Waals surface area (Å²) in [6, 6.07) is 0. The molecule has 0 fully saturated rings. The quantitative estimate of drug-likeness (QED) is 0.389. The van der Waals surface area contributed by atoms with Crippen molar-refractivity contribution in [2.45, 2.75) is 39.5 Å². The van der Waals surface area contributed by atoms with Crippen molar-refractivity contribution >= 4 is 17.9 Å². The molecule has 102 valence electrons. The van der Waals surface area contributed by atoms with E-state index in [1.807, 2.05) is 6.92 Å². The van der Waals surface area contributed by atoms with Gasteiger partial charge in [0.1, 0.15) is 0 Å². The van der Waals surface area contributed by atoms with Gasteiger partial charge in [0, 0.05) is 5.57 Å². The molecule has 2 N–H and O–H groups in total. The highest BCUT2D eigenvalue weighted by Gasteiger charge is 2.17. The Hall–Kier alpha value is -1.85. The van der Waals surface area contributed by atoms with E-state index in [1.54, 1.807) is 0 Å². The monoisotopic (exact) mass is 258 g/mol. The highest BCUT2D eigenvalue weighted by Crippen LogP contribution is 2.13. The van der Waals surface area contributed by atoms with Crippen LogP contribution in [0.2, 0.25) is 0 Å². The Labute approximate surface area is 105 Å². The number of hydrogen-bond donors (Lipinski definition) is 2. The zero-order chi connectivity index (χ0) is 14.1. The normalized spacial score (nSPS) is 11.7. The molecule has 0 bridgehead atoms. The minimum atomic E-state index is -1.32. The lowest BCUT2D eigenvalue weighted by atomic mass is 10.0. The molecule has 0 aromatic carbocycles. The molecular formula is C12H18O6. The van der Waals surface area contributed by atoms with Crippen molar-refractivity contribution in [3.8, 4) is 0 Å². The third-order valence-electron chi connectivity index (χ3n) is 2.27. The van der Waals surface area contributed by atoms with Crippen LogP contribution in [0.5, 0.6) is 0 Å². The molecule has 0 aliphatic carbocycles. The molecule has 0 aromatic heterocycles. The van der Waals surface area contributed by atoms with Crippen LogP contribution in [0.4, 0.5) is 0 Å². The fourth-order valence-corrected chi connectivity index (χ4v) is 1.26. The molecule has 0 aromatic rings. The van der Waals surface area contributed by atoms with Crippen LogP contribution in [0.1, 0.15) is 39.5 Å². The zero-order valence-corrected chi connectivity index (χ0v) is 10.6. The second kappa shape index (κ2) is 8.27. The van der Waals surface area contributed by atoms with Gasteiger partial charge >= 0.3 is 17.9 Å². The Kier molecular flexibility index (Phi) is 7.42. The molecule has 0 aliphatic heterocycles. The largest absolute Gasteiger partial charge is 0.481 e. The minimum absolute atomic E-state index is 0.196.